The molecule has 0 unspecified atom stereocenters. The first-order chi connectivity index (χ1) is 10.4. The largest absolute Gasteiger partial charge is 0.462 e. The van der Waals surface area contributed by atoms with Crippen LogP contribution in [-0.2, 0) is 16.6 Å². The Bertz CT molecular complexity index is 559. The fourth-order valence-corrected chi connectivity index (χ4v) is 4.82. The highest BCUT2D eigenvalue weighted by Gasteiger charge is 2.57. The molecule has 1 aromatic rings. The Labute approximate surface area is 135 Å². The molecule has 3 aliphatic carbocycles. The summed E-state index contributed by atoms with van der Waals surface area (Å²) >= 11 is 1.48. The molecule has 0 saturated heterocycles. The molecule has 6 nitrogen and oxygen atoms in total. The molecule has 7 heteroatoms. The number of nitrogens with zero attached hydrogens (tertiary/aromatic N) is 4. The number of aromatic nitrogens is 4. The van der Waals surface area contributed by atoms with E-state index in [1.165, 1.54) is 18.2 Å². The summed E-state index contributed by atoms with van der Waals surface area (Å²) in [6, 6.07) is 0. The molecule has 0 radical (unpaired) electrons. The molecule has 3 aliphatic rings. The second-order valence-electron chi connectivity index (χ2n) is 7.17. The highest BCUT2D eigenvalue weighted by molar-refractivity contribution is 7.99. The molecule has 2 bridgehead atoms. The quantitative estimate of drug-likeness (QED) is 0.611. The molecule has 122 valence electrons. The summed E-state index contributed by atoms with van der Waals surface area (Å²) in [6.45, 7) is 6.94. The number of hydrogen-bond acceptors (Lipinski definition) is 6. The van der Waals surface area contributed by atoms with E-state index in [9.17, 15) is 4.79 Å². The number of esters is 1. The topological polar surface area (TPSA) is 69.9 Å². The molecule has 4 atom stereocenters. The van der Waals surface area contributed by atoms with Gasteiger partial charge in [-0.2, -0.15) is 0 Å². The molecule has 1 aromatic heterocycles. The highest BCUT2D eigenvalue weighted by Crippen LogP contribution is 2.61. The molecule has 0 aromatic carbocycles. The van der Waals surface area contributed by atoms with E-state index in [0.717, 1.165) is 11.6 Å². The minimum Gasteiger partial charge on any atom is -0.462 e. The minimum atomic E-state index is -0.0985. The Morgan fingerprint density at radius 1 is 1.45 bits per heavy atom. The number of aryl methyl sites for hydroxylation is 1. The van der Waals surface area contributed by atoms with Crippen LogP contribution in [0.4, 0.5) is 0 Å². The smallest absolute Gasteiger partial charge is 0.306 e. The lowest BCUT2D eigenvalue weighted by molar-refractivity contribution is -0.185. The van der Waals surface area contributed by atoms with E-state index >= 15 is 0 Å². The van der Waals surface area contributed by atoms with Gasteiger partial charge in [-0.05, 0) is 46.4 Å². The zero-order valence-corrected chi connectivity index (χ0v) is 14.5. The maximum atomic E-state index is 12.1. The van der Waals surface area contributed by atoms with Gasteiger partial charge in [-0.15, -0.1) is 5.10 Å². The molecule has 22 heavy (non-hydrogen) atoms. The van der Waals surface area contributed by atoms with Crippen LogP contribution in [0.3, 0.4) is 0 Å². The van der Waals surface area contributed by atoms with Crippen LogP contribution in [-0.4, -0.2) is 38.0 Å². The lowest BCUT2D eigenvalue weighted by Gasteiger charge is -2.61. The summed E-state index contributed by atoms with van der Waals surface area (Å²) in [5.41, 5.74) is 0.427. The van der Waals surface area contributed by atoms with Gasteiger partial charge in [0.05, 0.1) is 6.42 Å². The summed E-state index contributed by atoms with van der Waals surface area (Å²) in [6.07, 6.45) is 2.83. The van der Waals surface area contributed by atoms with Crippen molar-refractivity contribution in [2.75, 3.05) is 5.75 Å². The third-order valence-electron chi connectivity index (χ3n) is 5.69. The molecule has 4 rings (SSSR count). The van der Waals surface area contributed by atoms with Crippen LogP contribution in [0.2, 0.25) is 0 Å². The Balaban J connectivity index is 1.44. The van der Waals surface area contributed by atoms with Crippen molar-refractivity contribution in [3.05, 3.63) is 0 Å². The number of fused-ring (bicyclic) bond motifs is 2. The Morgan fingerprint density at radius 3 is 2.82 bits per heavy atom. The van der Waals surface area contributed by atoms with Crippen LogP contribution in [0.1, 0.15) is 40.0 Å². The van der Waals surface area contributed by atoms with Crippen molar-refractivity contribution in [2.45, 2.75) is 51.3 Å². The van der Waals surface area contributed by atoms with Crippen molar-refractivity contribution in [2.24, 2.45) is 30.2 Å². The third kappa shape index (κ3) is 2.75. The van der Waals surface area contributed by atoms with E-state index in [1.807, 2.05) is 0 Å². The van der Waals surface area contributed by atoms with Crippen LogP contribution in [0, 0.1) is 23.2 Å². The fraction of sp³-hybridized carbons (Fsp3) is 0.867. The van der Waals surface area contributed by atoms with Gasteiger partial charge in [-0.3, -0.25) is 4.79 Å². The van der Waals surface area contributed by atoms with E-state index in [-0.39, 0.29) is 12.1 Å². The monoisotopic (exact) mass is 324 g/mol. The second kappa shape index (κ2) is 5.83. The number of carbonyl (C=O) groups excluding carboxylic acids is 1. The van der Waals surface area contributed by atoms with Crippen molar-refractivity contribution < 1.29 is 9.53 Å². The predicted octanol–water partition coefficient (Wildman–Crippen LogP) is 2.31. The molecular formula is C15H24N4O2S. The summed E-state index contributed by atoms with van der Waals surface area (Å²) in [7, 11) is 1.79. The standard InChI is InChI=1S/C15H24N4O2S/c1-9-11-7-10(15(11,2)3)8-12(9)21-13(20)5-6-22-14-16-17-18-19(14)4/h9-12H,5-8H2,1-4H3/t9-,10-,11-,12+/m1/s1. The van der Waals surface area contributed by atoms with E-state index in [0.29, 0.717) is 35.3 Å². The summed E-state index contributed by atoms with van der Waals surface area (Å²) in [4.78, 5) is 12.1. The molecular weight excluding hydrogens is 300 g/mol. The number of rotatable bonds is 5. The molecule has 0 amide bonds. The summed E-state index contributed by atoms with van der Waals surface area (Å²) in [5, 5.41) is 11.9. The molecule has 0 N–H and O–H groups in total. The number of thioether (sulfide) groups is 1. The fourth-order valence-electron chi connectivity index (χ4n) is 4.06. The van der Waals surface area contributed by atoms with Crippen LogP contribution in [0.15, 0.2) is 5.16 Å². The number of tetrazole rings is 1. The van der Waals surface area contributed by atoms with E-state index in [2.05, 4.69) is 36.3 Å². The maximum Gasteiger partial charge on any atom is 0.306 e. The number of hydrogen-bond donors (Lipinski definition) is 0. The van der Waals surface area contributed by atoms with Crippen molar-refractivity contribution in [3.8, 4) is 0 Å². The molecule has 3 saturated carbocycles. The molecule has 3 fully saturated rings. The van der Waals surface area contributed by atoms with Crippen LogP contribution in [0.5, 0.6) is 0 Å². The Morgan fingerprint density at radius 2 is 2.23 bits per heavy atom. The average molecular weight is 324 g/mol. The van der Waals surface area contributed by atoms with Crippen molar-refractivity contribution in [3.63, 3.8) is 0 Å². The average Bonchev–Trinajstić information content (AvgIpc) is 2.86. The Kier molecular flexibility index (Phi) is 4.18. The Hall–Kier alpha value is -1.11. The van der Waals surface area contributed by atoms with E-state index in [1.54, 1.807) is 11.7 Å². The minimum absolute atomic E-state index is 0.0985. The normalized spacial score (nSPS) is 32.4. The van der Waals surface area contributed by atoms with E-state index < -0.39 is 0 Å². The van der Waals surface area contributed by atoms with Gasteiger partial charge in [-0.1, -0.05) is 32.5 Å². The van der Waals surface area contributed by atoms with E-state index in [4.69, 9.17) is 4.74 Å². The highest BCUT2D eigenvalue weighted by atomic mass is 32.2. The molecule has 0 spiro atoms. The third-order valence-corrected chi connectivity index (χ3v) is 6.70. The van der Waals surface area contributed by atoms with Gasteiger partial charge >= 0.3 is 5.97 Å². The van der Waals surface area contributed by atoms with Crippen molar-refractivity contribution in [1.29, 1.82) is 0 Å². The summed E-state index contributed by atoms with van der Waals surface area (Å²) < 4.78 is 7.34. The predicted molar refractivity (Wildman–Crippen MR) is 83.2 cm³/mol. The van der Waals surface area contributed by atoms with Crippen molar-refractivity contribution >= 4 is 17.7 Å². The summed E-state index contributed by atoms with van der Waals surface area (Å²) in [5.74, 6) is 2.43. The first-order valence-corrected chi connectivity index (χ1v) is 8.92. The molecule has 0 aliphatic heterocycles. The lowest BCUT2D eigenvalue weighted by atomic mass is 9.45. The SMILES string of the molecule is C[C@H]1[C@@H](OC(=O)CCSc2nnnn2C)C[C@H]2C[C@H]1C2(C)C. The second-order valence-corrected chi connectivity index (χ2v) is 8.23. The zero-order valence-electron chi connectivity index (χ0n) is 13.7. The van der Waals surface area contributed by atoms with Crippen molar-refractivity contribution in [1.82, 2.24) is 20.2 Å². The van der Waals surface area contributed by atoms with Crippen LogP contribution < -0.4 is 0 Å². The molecule has 1 heterocycles. The van der Waals surface area contributed by atoms with Gasteiger partial charge in [0, 0.05) is 12.8 Å². The van der Waals surface area contributed by atoms with Gasteiger partial charge in [-0.25, -0.2) is 4.68 Å². The van der Waals surface area contributed by atoms with Gasteiger partial charge in [0.25, 0.3) is 0 Å². The maximum absolute atomic E-state index is 12.1. The first-order valence-electron chi connectivity index (χ1n) is 7.94. The van der Waals surface area contributed by atoms with Crippen LogP contribution in [0.25, 0.3) is 0 Å². The van der Waals surface area contributed by atoms with Gasteiger partial charge in [0.15, 0.2) is 0 Å². The van der Waals surface area contributed by atoms with Crippen LogP contribution >= 0.6 is 11.8 Å². The van der Waals surface area contributed by atoms with Gasteiger partial charge < -0.3 is 4.74 Å². The zero-order chi connectivity index (χ0) is 15.9. The number of ether oxygens (including phenoxy) is 1. The first kappa shape index (κ1) is 15.8. The van der Waals surface area contributed by atoms with Gasteiger partial charge in [0.2, 0.25) is 5.16 Å². The van der Waals surface area contributed by atoms with Gasteiger partial charge in [0.1, 0.15) is 6.10 Å². The number of carbonyl (C=O) groups is 1. The lowest BCUT2D eigenvalue weighted by Crippen LogP contribution is -2.57.